The number of allylic oxidation sites excluding steroid dienone is 3. The lowest BCUT2D eigenvalue weighted by Gasteiger charge is -2.55. The molecule has 0 heterocycles. The number of isocyanates is 6. The average molecular weight is 731 g/mol. The number of rotatable bonds is 12. The van der Waals surface area contributed by atoms with Crippen molar-refractivity contribution in [3.05, 3.63) is 65.4 Å². The molecule has 4 aliphatic carbocycles. The minimum Gasteiger partial charge on any atom is -0.211 e. The Morgan fingerprint density at radius 1 is 0.667 bits per heavy atom. The summed E-state index contributed by atoms with van der Waals surface area (Å²) >= 11 is 0. The molecular weight excluding hydrogens is 684 g/mol. The predicted octanol–water partition coefficient (Wildman–Crippen LogP) is 7.64. The summed E-state index contributed by atoms with van der Waals surface area (Å²) in [6, 6.07) is 6.13. The third kappa shape index (κ3) is 8.11. The van der Waals surface area contributed by atoms with Gasteiger partial charge in [0.2, 0.25) is 36.5 Å². The van der Waals surface area contributed by atoms with E-state index >= 15 is 0 Å². The Kier molecular flexibility index (Phi) is 12.7. The van der Waals surface area contributed by atoms with Gasteiger partial charge in [0, 0.05) is 5.41 Å². The summed E-state index contributed by atoms with van der Waals surface area (Å²) in [6.07, 6.45) is 21.4. The van der Waals surface area contributed by atoms with Gasteiger partial charge in [0.05, 0.1) is 41.5 Å². The first kappa shape index (κ1) is 39.9. The van der Waals surface area contributed by atoms with E-state index < -0.39 is 22.8 Å². The van der Waals surface area contributed by atoms with Crippen LogP contribution in [0.3, 0.4) is 0 Å². The summed E-state index contributed by atoms with van der Waals surface area (Å²) in [4.78, 5) is 94.4. The van der Waals surface area contributed by atoms with Gasteiger partial charge in [-0.25, -0.2) is 48.7 Å². The smallest absolute Gasteiger partial charge is 0.211 e. The lowest BCUT2D eigenvalue weighted by atomic mass is 9.49. The van der Waals surface area contributed by atoms with Crippen LogP contribution in [0.2, 0.25) is 0 Å². The highest BCUT2D eigenvalue weighted by Gasteiger charge is 2.55. The highest BCUT2D eigenvalue weighted by molar-refractivity contribution is 5.59. The zero-order valence-corrected chi connectivity index (χ0v) is 31.1. The molecule has 0 saturated heterocycles. The minimum absolute atomic E-state index is 0.0175. The van der Waals surface area contributed by atoms with E-state index in [1.54, 1.807) is 48.6 Å². The molecule has 0 amide bonds. The molecule has 0 bridgehead atoms. The summed E-state index contributed by atoms with van der Waals surface area (Å²) < 4.78 is 0. The van der Waals surface area contributed by atoms with Gasteiger partial charge in [-0.2, -0.15) is 9.98 Å². The molecule has 12 heteroatoms. The maximum Gasteiger partial charge on any atom is 0.240 e. The Balaban J connectivity index is 1.76. The van der Waals surface area contributed by atoms with E-state index in [0.29, 0.717) is 61.9 Å². The minimum atomic E-state index is -0.782. The molecule has 5 rings (SSSR count). The number of carbonyl (C=O) groups excluding carboxylic acids is 6. The van der Waals surface area contributed by atoms with Gasteiger partial charge in [0.1, 0.15) is 0 Å². The zero-order valence-electron chi connectivity index (χ0n) is 31.1. The van der Waals surface area contributed by atoms with Crippen LogP contribution >= 0.6 is 0 Å². The predicted molar refractivity (Wildman–Crippen MR) is 200 cm³/mol. The molecule has 4 aliphatic rings. The number of hydrogen-bond donors (Lipinski definition) is 0. The molecule has 4 atom stereocenters. The van der Waals surface area contributed by atoms with Gasteiger partial charge in [-0.1, -0.05) is 45.6 Å². The second kappa shape index (κ2) is 17.2. The van der Waals surface area contributed by atoms with Crippen LogP contribution in [0.15, 0.2) is 89.8 Å². The third-order valence-corrected chi connectivity index (χ3v) is 12.6. The second-order valence-corrected chi connectivity index (χ2v) is 16.4. The van der Waals surface area contributed by atoms with Gasteiger partial charge < -0.3 is 0 Å². The Morgan fingerprint density at radius 3 is 1.70 bits per heavy atom. The quantitative estimate of drug-likeness (QED) is 0.158. The third-order valence-electron chi connectivity index (χ3n) is 12.6. The summed E-state index contributed by atoms with van der Waals surface area (Å²) in [5.74, 6) is -0.703. The van der Waals surface area contributed by atoms with Gasteiger partial charge >= 0.3 is 0 Å². The fraction of sp³-hybridized carbons (Fsp3) is 0.571. The monoisotopic (exact) mass is 730 g/mol. The molecule has 0 aliphatic heterocycles. The van der Waals surface area contributed by atoms with Crippen molar-refractivity contribution in [2.45, 2.75) is 121 Å². The van der Waals surface area contributed by atoms with Crippen molar-refractivity contribution in [1.29, 1.82) is 0 Å². The van der Waals surface area contributed by atoms with Crippen molar-refractivity contribution in [1.82, 2.24) is 0 Å². The van der Waals surface area contributed by atoms with Crippen LogP contribution in [0.4, 0.5) is 5.69 Å². The molecule has 1 aromatic carbocycles. The van der Waals surface area contributed by atoms with Gasteiger partial charge in [0.25, 0.3) is 0 Å². The topological polar surface area (TPSA) is 177 Å². The lowest BCUT2D eigenvalue weighted by molar-refractivity contribution is 0.0515. The first-order valence-electron chi connectivity index (χ1n) is 18.7. The Labute approximate surface area is 315 Å². The molecule has 0 spiro atoms. The van der Waals surface area contributed by atoms with E-state index in [-0.39, 0.29) is 35.4 Å². The maximum atomic E-state index is 12.4. The van der Waals surface area contributed by atoms with E-state index in [9.17, 15) is 28.8 Å². The number of aliphatic imine (C=N–C) groups is 6. The molecule has 0 radical (unpaired) electrons. The SMILES string of the molecule is C=C1C(C(c2ccc(N=C=O)cc2)(C2CCC(N=C=O)CC2)C2CCC(N=C=O)CC2)=CC=C(N=C=O)C1C(N=C=O)C1(C)CC(N=C=O)CC(C)(C)C1. The van der Waals surface area contributed by atoms with Crippen molar-refractivity contribution in [2.75, 3.05) is 0 Å². The largest absolute Gasteiger partial charge is 0.240 e. The molecule has 280 valence electrons. The van der Waals surface area contributed by atoms with Crippen LogP contribution < -0.4 is 0 Å². The van der Waals surface area contributed by atoms with Crippen LogP contribution in [-0.2, 0) is 34.2 Å². The first-order chi connectivity index (χ1) is 26.0. The lowest BCUT2D eigenvalue weighted by Crippen LogP contribution is -2.51. The van der Waals surface area contributed by atoms with Crippen LogP contribution in [-0.4, -0.2) is 60.6 Å². The molecular formula is C42H46N6O6. The highest BCUT2D eigenvalue weighted by Crippen LogP contribution is 2.60. The van der Waals surface area contributed by atoms with Crippen molar-refractivity contribution < 1.29 is 28.8 Å². The molecule has 3 fully saturated rings. The molecule has 54 heavy (non-hydrogen) atoms. The second-order valence-electron chi connectivity index (χ2n) is 16.4. The van der Waals surface area contributed by atoms with Crippen LogP contribution in [0.5, 0.6) is 0 Å². The van der Waals surface area contributed by atoms with Crippen LogP contribution in [0.1, 0.15) is 97.0 Å². The zero-order chi connectivity index (χ0) is 38.9. The van der Waals surface area contributed by atoms with E-state index in [4.69, 9.17) is 6.58 Å². The molecule has 1 aromatic rings. The van der Waals surface area contributed by atoms with Gasteiger partial charge in [0.15, 0.2) is 0 Å². The fourth-order valence-electron chi connectivity index (χ4n) is 10.9. The molecule has 0 N–H and O–H groups in total. The van der Waals surface area contributed by atoms with Gasteiger partial charge in [-0.05, 0) is 128 Å². The average Bonchev–Trinajstić information content (AvgIpc) is 3.14. The standard InChI is InChI=1S/C42H46N6O6/c1-28-36(17-18-37(47-26-53)38(28)39(48-27-54)41(4)20-35(46-25-52)19-40(2,3)21-41)42(29-5-11-32(12-6-29)43-22-49,30-7-13-33(14-8-30)44-23-50)31-9-15-34(16-10-31)45-24-51/h5-6,11-12,17-18,30-31,33-35,38-39H,1,7-10,13-16,19-21H2,2-4H3. The molecule has 3 saturated carbocycles. The first-order valence-corrected chi connectivity index (χ1v) is 18.7. The van der Waals surface area contributed by atoms with Gasteiger partial charge in [-0.15, -0.1) is 0 Å². The van der Waals surface area contributed by atoms with Crippen molar-refractivity contribution >= 4 is 42.2 Å². The fourth-order valence-corrected chi connectivity index (χ4v) is 10.9. The van der Waals surface area contributed by atoms with Crippen molar-refractivity contribution in [3.8, 4) is 0 Å². The molecule has 0 aromatic heterocycles. The van der Waals surface area contributed by atoms with Crippen molar-refractivity contribution in [2.24, 2.45) is 58.5 Å². The van der Waals surface area contributed by atoms with Gasteiger partial charge in [-0.3, -0.25) is 0 Å². The summed E-state index contributed by atoms with van der Waals surface area (Å²) in [6.45, 7) is 11.0. The van der Waals surface area contributed by atoms with E-state index in [1.807, 2.05) is 31.2 Å². The number of benzene rings is 1. The van der Waals surface area contributed by atoms with Crippen LogP contribution in [0, 0.1) is 28.6 Å². The molecule has 4 unspecified atom stereocenters. The molecule has 12 nitrogen and oxygen atoms in total. The van der Waals surface area contributed by atoms with Crippen LogP contribution in [0.25, 0.3) is 0 Å². The van der Waals surface area contributed by atoms with E-state index in [1.165, 1.54) is 0 Å². The highest BCUT2D eigenvalue weighted by atomic mass is 16.1. The summed E-state index contributed by atoms with van der Waals surface area (Å²) in [7, 11) is 0. The Morgan fingerprint density at radius 2 is 1.20 bits per heavy atom. The normalized spacial score (nSPS) is 30.6. The summed E-state index contributed by atoms with van der Waals surface area (Å²) in [5, 5.41) is 0. The maximum absolute atomic E-state index is 12.4. The number of hydrogen-bond acceptors (Lipinski definition) is 12. The van der Waals surface area contributed by atoms with E-state index in [0.717, 1.165) is 36.8 Å². The van der Waals surface area contributed by atoms with E-state index in [2.05, 4.69) is 43.8 Å². The summed E-state index contributed by atoms with van der Waals surface area (Å²) in [5.41, 5.74) is 1.64. The Bertz CT molecular complexity index is 1910. The van der Waals surface area contributed by atoms with Crippen molar-refractivity contribution in [3.63, 3.8) is 0 Å². The Hall–Kier alpha value is -5.28. The number of nitrogens with zero attached hydrogens (tertiary/aromatic N) is 6.